The van der Waals surface area contributed by atoms with Crippen LogP contribution in [0.15, 0.2) is 16.8 Å². The minimum Gasteiger partial charge on any atom is -0.316 e. The first-order valence-corrected chi connectivity index (χ1v) is 5.29. The average molecular weight is 180 g/mol. The molecule has 1 aliphatic heterocycles. The van der Waals surface area contributed by atoms with Crippen molar-refractivity contribution < 1.29 is 0 Å². The van der Waals surface area contributed by atoms with Gasteiger partial charge in [0.15, 0.2) is 0 Å². The Hall–Kier alpha value is -0.630. The summed E-state index contributed by atoms with van der Waals surface area (Å²) in [6.07, 6.45) is 7.52. The molecular formula is C11H20N2. The van der Waals surface area contributed by atoms with Crippen molar-refractivity contribution in [3.8, 4) is 0 Å². The highest BCUT2D eigenvalue weighted by Gasteiger charge is 2.17. The maximum absolute atomic E-state index is 4.46. The van der Waals surface area contributed by atoms with Crippen LogP contribution in [-0.2, 0) is 0 Å². The molecule has 1 aliphatic rings. The average Bonchev–Trinajstić information content (AvgIpc) is 2.07. The van der Waals surface area contributed by atoms with Crippen LogP contribution in [0.3, 0.4) is 0 Å². The molecule has 0 unspecified atom stereocenters. The molecule has 0 amide bonds. The molecule has 0 radical (unpaired) electrons. The van der Waals surface area contributed by atoms with Crippen molar-refractivity contribution in [2.45, 2.75) is 33.1 Å². The van der Waals surface area contributed by atoms with Crippen LogP contribution in [-0.4, -0.2) is 19.3 Å². The van der Waals surface area contributed by atoms with Gasteiger partial charge in [-0.15, -0.1) is 0 Å². The monoisotopic (exact) mass is 180 g/mol. The Morgan fingerprint density at radius 3 is 2.62 bits per heavy atom. The predicted octanol–water partition coefficient (Wildman–Crippen LogP) is 2.37. The van der Waals surface area contributed by atoms with Gasteiger partial charge in [0, 0.05) is 11.9 Å². The molecule has 1 fully saturated rings. The molecule has 0 bridgehead atoms. The highest BCUT2D eigenvalue weighted by molar-refractivity contribution is 5.58. The lowest BCUT2D eigenvalue weighted by Crippen LogP contribution is -2.41. The Kier molecular flexibility index (Phi) is 4.76. The maximum Gasteiger partial charge on any atom is 0.0363 e. The van der Waals surface area contributed by atoms with Crippen molar-refractivity contribution in [3.05, 3.63) is 11.8 Å². The summed E-state index contributed by atoms with van der Waals surface area (Å²) in [6.45, 7) is 6.63. The van der Waals surface area contributed by atoms with Gasteiger partial charge in [0.2, 0.25) is 0 Å². The van der Waals surface area contributed by atoms with Gasteiger partial charge in [-0.2, -0.15) is 0 Å². The first-order chi connectivity index (χ1) is 6.36. The van der Waals surface area contributed by atoms with Crippen LogP contribution in [0.4, 0.5) is 0 Å². The number of aliphatic imine (C=N–C) groups is 1. The van der Waals surface area contributed by atoms with Gasteiger partial charge in [-0.25, -0.2) is 0 Å². The van der Waals surface area contributed by atoms with Crippen LogP contribution in [0.1, 0.15) is 33.1 Å². The molecule has 0 aromatic rings. The van der Waals surface area contributed by atoms with E-state index in [1.54, 1.807) is 0 Å². The lowest BCUT2D eigenvalue weighted by Gasteiger charge is -2.27. The lowest BCUT2D eigenvalue weighted by atomic mass is 9.97. The molecule has 0 aromatic carbocycles. The normalized spacial score (nSPS) is 19.4. The zero-order valence-corrected chi connectivity index (χ0v) is 8.71. The largest absolute Gasteiger partial charge is 0.316 e. The SMILES string of the molecule is CCC=N/C(=C\CC)CC1CNC1. The second kappa shape index (κ2) is 5.92. The summed E-state index contributed by atoms with van der Waals surface area (Å²) in [5.41, 5.74) is 1.27. The van der Waals surface area contributed by atoms with Crippen LogP contribution in [0.25, 0.3) is 0 Å². The van der Waals surface area contributed by atoms with Crippen LogP contribution in [0.2, 0.25) is 0 Å². The third kappa shape index (κ3) is 3.73. The minimum absolute atomic E-state index is 0.826. The minimum atomic E-state index is 0.826. The second-order valence-electron chi connectivity index (χ2n) is 3.55. The van der Waals surface area contributed by atoms with Crippen LogP contribution in [0, 0.1) is 5.92 Å². The summed E-state index contributed by atoms with van der Waals surface area (Å²) < 4.78 is 0. The molecule has 13 heavy (non-hydrogen) atoms. The molecule has 1 heterocycles. The Labute approximate surface area is 81.1 Å². The number of nitrogens with zero attached hydrogens (tertiary/aromatic N) is 1. The molecule has 0 spiro atoms. The van der Waals surface area contributed by atoms with Crippen molar-refractivity contribution in [2.75, 3.05) is 13.1 Å². The molecule has 0 atom stereocenters. The van der Waals surface area contributed by atoms with Crippen molar-refractivity contribution in [1.82, 2.24) is 5.32 Å². The Balaban J connectivity index is 2.36. The highest BCUT2D eigenvalue weighted by atomic mass is 14.9. The van der Waals surface area contributed by atoms with Crippen molar-refractivity contribution in [2.24, 2.45) is 10.9 Å². The molecule has 1 rings (SSSR count). The molecule has 1 saturated heterocycles. The zero-order chi connectivity index (χ0) is 9.52. The fourth-order valence-electron chi connectivity index (χ4n) is 1.42. The quantitative estimate of drug-likeness (QED) is 0.645. The van der Waals surface area contributed by atoms with Crippen molar-refractivity contribution in [1.29, 1.82) is 0 Å². The van der Waals surface area contributed by atoms with E-state index in [0.717, 1.165) is 25.2 Å². The molecule has 0 aliphatic carbocycles. The maximum atomic E-state index is 4.46. The summed E-state index contributed by atoms with van der Waals surface area (Å²) in [5, 5.41) is 3.29. The van der Waals surface area contributed by atoms with Crippen LogP contribution in [0.5, 0.6) is 0 Å². The van der Waals surface area contributed by atoms with Gasteiger partial charge in [0.25, 0.3) is 0 Å². The van der Waals surface area contributed by atoms with E-state index < -0.39 is 0 Å². The van der Waals surface area contributed by atoms with E-state index in [0.29, 0.717) is 0 Å². The van der Waals surface area contributed by atoms with Gasteiger partial charge in [-0.3, -0.25) is 4.99 Å². The van der Waals surface area contributed by atoms with Crippen molar-refractivity contribution in [3.63, 3.8) is 0 Å². The van der Waals surface area contributed by atoms with Crippen LogP contribution < -0.4 is 5.32 Å². The number of hydrogen-bond acceptors (Lipinski definition) is 2. The van der Waals surface area contributed by atoms with E-state index in [2.05, 4.69) is 30.2 Å². The molecule has 0 aromatic heterocycles. The number of hydrogen-bond donors (Lipinski definition) is 1. The Morgan fingerprint density at radius 1 is 1.38 bits per heavy atom. The molecule has 1 N–H and O–H groups in total. The summed E-state index contributed by atoms with van der Waals surface area (Å²) in [6, 6.07) is 0. The van der Waals surface area contributed by atoms with Crippen LogP contribution >= 0.6 is 0 Å². The Morgan fingerprint density at radius 2 is 2.15 bits per heavy atom. The van der Waals surface area contributed by atoms with E-state index in [-0.39, 0.29) is 0 Å². The molecule has 74 valence electrons. The van der Waals surface area contributed by atoms with Gasteiger partial charge in [-0.05, 0) is 38.3 Å². The summed E-state index contributed by atoms with van der Waals surface area (Å²) in [7, 11) is 0. The zero-order valence-electron chi connectivity index (χ0n) is 8.71. The highest BCUT2D eigenvalue weighted by Crippen LogP contribution is 2.16. The van der Waals surface area contributed by atoms with Gasteiger partial charge in [-0.1, -0.05) is 19.9 Å². The molecule has 2 heteroatoms. The van der Waals surface area contributed by atoms with E-state index in [4.69, 9.17) is 0 Å². The van der Waals surface area contributed by atoms with Gasteiger partial charge >= 0.3 is 0 Å². The van der Waals surface area contributed by atoms with E-state index >= 15 is 0 Å². The second-order valence-corrected chi connectivity index (χ2v) is 3.55. The molecule has 0 saturated carbocycles. The van der Waals surface area contributed by atoms with Crippen molar-refractivity contribution >= 4 is 6.21 Å². The number of rotatable bonds is 5. The molecule has 2 nitrogen and oxygen atoms in total. The van der Waals surface area contributed by atoms with Gasteiger partial charge < -0.3 is 5.32 Å². The smallest absolute Gasteiger partial charge is 0.0363 e. The topological polar surface area (TPSA) is 24.4 Å². The lowest BCUT2D eigenvalue weighted by molar-refractivity contribution is 0.345. The first-order valence-electron chi connectivity index (χ1n) is 5.29. The summed E-state index contributed by atoms with van der Waals surface area (Å²) >= 11 is 0. The van der Waals surface area contributed by atoms with E-state index in [1.165, 1.54) is 18.8 Å². The third-order valence-corrected chi connectivity index (χ3v) is 2.24. The first kappa shape index (κ1) is 10.5. The summed E-state index contributed by atoms with van der Waals surface area (Å²) in [5.74, 6) is 0.826. The fraction of sp³-hybridized carbons (Fsp3) is 0.727. The Bertz CT molecular complexity index is 190. The van der Waals surface area contributed by atoms with Gasteiger partial charge in [0.1, 0.15) is 0 Å². The third-order valence-electron chi connectivity index (χ3n) is 2.24. The van der Waals surface area contributed by atoms with E-state index in [1.807, 2.05) is 6.21 Å². The predicted molar refractivity (Wildman–Crippen MR) is 58.1 cm³/mol. The van der Waals surface area contributed by atoms with E-state index in [9.17, 15) is 0 Å². The number of allylic oxidation sites excluding steroid dienone is 2. The molecular weight excluding hydrogens is 160 g/mol. The van der Waals surface area contributed by atoms with Gasteiger partial charge in [0.05, 0.1) is 0 Å². The summed E-state index contributed by atoms with van der Waals surface area (Å²) in [4.78, 5) is 4.46. The standard InChI is InChI=1S/C11H20N2/c1-3-5-11(13-6-4-2)7-10-8-12-9-10/h5-6,10,12H,3-4,7-9H2,1-2H3/b11-5-,13-6?. The fourth-order valence-corrected chi connectivity index (χ4v) is 1.42. The number of nitrogens with one attached hydrogen (secondary N) is 1.